The van der Waals surface area contributed by atoms with Crippen LogP contribution in [0.2, 0.25) is 0 Å². The van der Waals surface area contributed by atoms with Gasteiger partial charge in [-0.3, -0.25) is 4.79 Å². The van der Waals surface area contributed by atoms with Crippen LogP contribution < -0.4 is 11.5 Å². The summed E-state index contributed by atoms with van der Waals surface area (Å²) in [4.78, 5) is 13.5. The van der Waals surface area contributed by atoms with E-state index in [-0.39, 0.29) is 0 Å². The second-order valence-corrected chi connectivity index (χ2v) is 5.08. The van der Waals surface area contributed by atoms with Gasteiger partial charge < -0.3 is 16.4 Å². The first-order valence-electron chi connectivity index (χ1n) is 6.75. The number of amides is 1. The molecular weight excluding hydrogens is 214 g/mol. The normalized spacial score (nSPS) is 14.9. The second-order valence-electron chi connectivity index (χ2n) is 5.08. The van der Waals surface area contributed by atoms with Gasteiger partial charge >= 0.3 is 0 Å². The SMILES string of the molecule is CCCN(CCC)CCCCC(C)(N)C(N)=O. The van der Waals surface area contributed by atoms with Gasteiger partial charge in [0.2, 0.25) is 5.91 Å². The maximum atomic E-state index is 11.0. The van der Waals surface area contributed by atoms with E-state index >= 15 is 0 Å². The van der Waals surface area contributed by atoms with E-state index in [1.165, 1.54) is 12.8 Å². The van der Waals surface area contributed by atoms with Gasteiger partial charge in [0.05, 0.1) is 5.54 Å². The zero-order valence-corrected chi connectivity index (χ0v) is 11.7. The fourth-order valence-electron chi connectivity index (χ4n) is 1.92. The molecule has 0 fully saturated rings. The third-order valence-corrected chi connectivity index (χ3v) is 3.06. The maximum absolute atomic E-state index is 11.0. The lowest BCUT2D eigenvalue weighted by Crippen LogP contribution is -2.49. The van der Waals surface area contributed by atoms with Crippen LogP contribution in [0.4, 0.5) is 0 Å². The Kier molecular flexibility index (Phi) is 8.17. The number of carbonyl (C=O) groups excluding carboxylic acids is 1. The summed E-state index contributed by atoms with van der Waals surface area (Å²) in [5.41, 5.74) is 10.2. The zero-order valence-electron chi connectivity index (χ0n) is 11.7. The molecule has 0 rings (SSSR count). The number of carbonyl (C=O) groups is 1. The maximum Gasteiger partial charge on any atom is 0.237 e. The van der Waals surface area contributed by atoms with Crippen LogP contribution in [0.3, 0.4) is 0 Å². The number of hydrogen-bond donors (Lipinski definition) is 2. The minimum absolute atomic E-state index is 0.406. The van der Waals surface area contributed by atoms with Crippen LogP contribution in [-0.4, -0.2) is 36.0 Å². The molecule has 1 atom stereocenters. The first-order valence-corrected chi connectivity index (χ1v) is 6.75. The molecule has 1 amide bonds. The average molecular weight is 243 g/mol. The molecule has 0 aromatic rings. The molecular formula is C13H29N3O. The molecule has 4 N–H and O–H groups in total. The number of nitrogens with zero attached hydrogens (tertiary/aromatic N) is 1. The number of unbranched alkanes of at least 4 members (excludes halogenated alkanes) is 1. The highest BCUT2D eigenvalue weighted by molar-refractivity contribution is 5.83. The van der Waals surface area contributed by atoms with Crippen molar-refractivity contribution in [3.05, 3.63) is 0 Å². The minimum Gasteiger partial charge on any atom is -0.368 e. The highest BCUT2D eigenvalue weighted by Gasteiger charge is 2.24. The van der Waals surface area contributed by atoms with Crippen molar-refractivity contribution in [2.45, 2.75) is 58.4 Å². The standard InChI is InChI=1S/C13H29N3O/c1-4-9-16(10-5-2)11-7-6-8-13(3,15)12(14)17/h4-11,15H2,1-3H3,(H2,14,17). The topological polar surface area (TPSA) is 72.3 Å². The molecule has 4 nitrogen and oxygen atoms in total. The van der Waals surface area contributed by atoms with Crippen LogP contribution in [0.25, 0.3) is 0 Å². The lowest BCUT2D eigenvalue weighted by Gasteiger charge is -2.23. The van der Waals surface area contributed by atoms with E-state index in [1.807, 2.05) is 0 Å². The fourth-order valence-corrected chi connectivity index (χ4v) is 1.92. The van der Waals surface area contributed by atoms with E-state index in [9.17, 15) is 4.79 Å². The minimum atomic E-state index is -0.847. The monoisotopic (exact) mass is 243 g/mol. The van der Waals surface area contributed by atoms with E-state index in [2.05, 4.69) is 18.7 Å². The Hall–Kier alpha value is -0.610. The molecule has 0 saturated carbocycles. The van der Waals surface area contributed by atoms with E-state index in [4.69, 9.17) is 11.5 Å². The van der Waals surface area contributed by atoms with Gasteiger partial charge in [-0.15, -0.1) is 0 Å². The van der Waals surface area contributed by atoms with Crippen molar-refractivity contribution in [2.24, 2.45) is 11.5 Å². The smallest absolute Gasteiger partial charge is 0.237 e. The summed E-state index contributed by atoms with van der Waals surface area (Å²) in [5.74, 6) is -0.406. The molecule has 17 heavy (non-hydrogen) atoms. The van der Waals surface area contributed by atoms with E-state index in [0.29, 0.717) is 6.42 Å². The molecule has 0 aromatic heterocycles. The van der Waals surface area contributed by atoms with Crippen molar-refractivity contribution in [1.29, 1.82) is 0 Å². The van der Waals surface area contributed by atoms with Gasteiger partial charge in [0.1, 0.15) is 0 Å². The van der Waals surface area contributed by atoms with Crippen molar-refractivity contribution in [1.82, 2.24) is 4.90 Å². The Morgan fingerprint density at radius 3 is 2.06 bits per heavy atom. The Labute approximate surface area is 106 Å². The molecule has 102 valence electrons. The predicted molar refractivity (Wildman–Crippen MR) is 72.7 cm³/mol. The van der Waals surface area contributed by atoms with Crippen LogP contribution in [0.15, 0.2) is 0 Å². The molecule has 0 heterocycles. The molecule has 0 aliphatic heterocycles. The second kappa shape index (κ2) is 8.48. The molecule has 0 aromatic carbocycles. The van der Waals surface area contributed by atoms with Gasteiger partial charge in [0.25, 0.3) is 0 Å². The molecule has 0 aliphatic rings. The molecule has 0 aliphatic carbocycles. The van der Waals surface area contributed by atoms with E-state index in [0.717, 1.165) is 32.5 Å². The summed E-state index contributed by atoms with van der Waals surface area (Å²) in [6, 6.07) is 0. The first kappa shape index (κ1) is 16.4. The summed E-state index contributed by atoms with van der Waals surface area (Å²) in [5, 5.41) is 0. The number of nitrogens with two attached hydrogens (primary N) is 2. The van der Waals surface area contributed by atoms with Gasteiger partial charge in [-0.2, -0.15) is 0 Å². The Balaban J connectivity index is 3.77. The largest absolute Gasteiger partial charge is 0.368 e. The van der Waals surface area contributed by atoms with Gasteiger partial charge in [0, 0.05) is 0 Å². The van der Waals surface area contributed by atoms with Crippen molar-refractivity contribution in [3.8, 4) is 0 Å². The lowest BCUT2D eigenvalue weighted by molar-refractivity contribution is -0.122. The highest BCUT2D eigenvalue weighted by Crippen LogP contribution is 2.10. The number of rotatable bonds is 10. The number of primary amides is 1. The molecule has 4 heteroatoms. The van der Waals surface area contributed by atoms with Gasteiger partial charge in [-0.1, -0.05) is 13.8 Å². The van der Waals surface area contributed by atoms with Crippen LogP contribution in [0.5, 0.6) is 0 Å². The number of hydrogen-bond acceptors (Lipinski definition) is 3. The van der Waals surface area contributed by atoms with Crippen LogP contribution in [0.1, 0.15) is 52.9 Å². The van der Waals surface area contributed by atoms with Gasteiger partial charge in [0.15, 0.2) is 0 Å². The zero-order chi connectivity index (χ0) is 13.3. The van der Waals surface area contributed by atoms with Gasteiger partial charge in [-0.05, 0) is 58.7 Å². The van der Waals surface area contributed by atoms with Crippen molar-refractivity contribution >= 4 is 5.91 Å². The summed E-state index contributed by atoms with van der Waals surface area (Å²) >= 11 is 0. The van der Waals surface area contributed by atoms with Crippen LogP contribution in [-0.2, 0) is 4.79 Å². The fraction of sp³-hybridized carbons (Fsp3) is 0.923. The van der Waals surface area contributed by atoms with Gasteiger partial charge in [-0.25, -0.2) is 0 Å². The van der Waals surface area contributed by atoms with Crippen molar-refractivity contribution in [2.75, 3.05) is 19.6 Å². The summed E-state index contributed by atoms with van der Waals surface area (Å²) in [7, 11) is 0. The van der Waals surface area contributed by atoms with Crippen molar-refractivity contribution < 1.29 is 4.79 Å². The molecule has 0 saturated heterocycles. The molecule has 1 unspecified atom stereocenters. The van der Waals surface area contributed by atoms with E-state index in [1.54, 1.807) is 6.92 Å². The van der Waals surface area contributed by atoms with Crippen LogP contribution in [0, 0.1) is 0 Å². The summed E-state index contributed by atoms with van der Waals surface area (Å²) < 4.78 is 0. The third-order valence-electron chi connectivity index (χ3n) is 3.06. The highest BCUT2D eigenvalue weighted by atomic mass is 16.1. The van der Waals surface area contributed by atoms with E-state index < -0.39 is 11.4 Å². The lowest BCUT2D eigenvalue weighted by atomic mass is 9.95. The quantitative estimate of drug-likeness (QED) is 0.571. The van der Waals surface area contributed by atoms with Crippen LogP contribution >= 0.6 is 0 Å². The average Bonchev–Trinajstić information content (AvgIpc) is 2.24. The Morgan fingerprint density at radius 2 is 1.65 bits per heavy atom. The Bertz CT molecular complexity index is 211. The first-order chi connectivity index (χ1) is 7.94. The third kappa shape index (κ3) is 7.34. The molecule has 0 bridgehead atoms. The molecule has 0 spiro atoms. The predicted octanol–water partition coefficient (Wildman–Crippen LogP) is 1.48. The Morgan fingerprint density at radius 1 is 1.12 bits per heavy atom. The summed E-state index contributed by atoms with van der Waals surface area (Å²) in [6.45, 7) is 9.52. The summed E-state index contributed by atoms with van der Waals surface area (Å²) in [6.07, 6.45) is 5.10. The molecule has 0 radical (unpaired) electrons. The van der Waals surface area contributed by atoms with Crippen molar-refractivity contribution in [3.63, 3.8) is 0 Å².